The van der Waals surface area contributed by atoms with Crippen molar-refractivity contribution in [1.82, 2.24) is 10.2 Å². The lowest BCUT2D eigenvalue weighted by Crippen LogP contribution is -2.47. The second-order valence-corrected chi connectivity index (χ2v) is 8.40. The smallest absolute Gasteiger partial charge is 0.193 e. The molecule has 29 heavy (non-hydrogen) atoms. The van der Waals surface area contributed by atoms with E-state index in [9.17, 15) is 0 Å². The van der Waals surface area contributed by atoms with E-state index >= 15 is 0 Å². The quantitative estimate of drug-likeness (QED) is 0.214. The van der Waals surface area contributed by atoms with Crippen LogP contribution in [0.1, 0.15) is 45.6 Å². The van der Waals surface area contributed by atoms with Gasteiger partial charge < -0.3 is 19.7 Å². The van der Waals surface area contributed by atoms with E-state index in [4.69, 9.17) is 26.1 Å². The minimum atomic E-state index is -0.0476. The third-order valence-electron chi connectivity index (χ3n) is 5.17. The molecule has 0 atom stereocenters. The Morgan fingerprint density at radius 2 is 1.86 bits per heavy atom. The Hall–Kier alpha value is -0.570. The molecule has 2 rings (SSSR count). The van der Waals surface area contributed by atoms with Gasteiger partial charge in [0.1, 0.15) is 0 Å². The van der Waals surface area contributed by atoms with Gasteiger partial charge >= 0.3 is 0 Å². The van der Waals surface area contributed by atoms with Gasteiger partial charge in [-0.25, -0.2) is 0 Å². The molecule has 0 amide bonds. The maximum absolute atomic E-state index is 6.03. The lowest BCUT2D eigenvalue weighted by Gasteiger charge is -2.35. The largest absolute Gasteiger partial charge is 0.385 e. The van der Waals surface area contributed by atoms with E-state index in [-0.39, 0.29) is 29.4 Å². The Bertz CT molecular complexity index is 603. The zero-order valence-corrected chi connectivity index (χ0v) is 21.3. The molecule has 1 N–H and O–H groups in total. The summed E-state index contributed by atoms with van der Waals surface area (Å²) in [6.07, 6.45) is 3.39. The first-order valence-electron chi connectivity index (χ1n) is 10.4. The number of likely N-dealkylation sites (tertiary alicyclic amines) is 1. The molecule has 1 aliphatic rings. The zero-order valence-electron chi connectivity index (χ0n) is 18.2. The van der Waals surface area contributed by atoms with Gasteiger partial charge in [0.25, 0.3) is 0 Å². The summed E-state index contributed by atoms with van der Waals surface area (Å²) < 4.78 is 11.1. The van der Waals surface area contributed by atoms with Crippen molar-refractivity contribution in [3.63, 3.8) is 0 Å². The highest BCUT2D eigenvalue weighted by Crippen LogP contribution is 2.25. The van der Waals surface area contributed by atoms with Crippen molar-refractivity contribution in [1.29, 1.82) is 0 Å². The molecule has 0 radical (unpaired) electrons. The minimum Gasteiger partial charge on any atom is -0.385 e. The van der Waals surface area contributed by atoms with Crippen LogP contribution >= 0.6 is 35.6 Å². The van der Waals surface area contributed by atoms with E-state index in [2.05, 4.69) is 43.1 Å². The molecule has 1 aromatic rings. The van der Waals surface area contributed by atoms with Crippen LogP contribution < -0.4 is 5.32 Å². The highest BCUT2D eigenvalue weighted by Gasteiger charge is 2.24. The van der Waals surface area contributed by atoms with Crippen molar-refractivity contribution in [3.8, 4) is 0 Å². The summed E-state index contributed by atoms with van der Waals surface area (Å²) in [5, 5.41) is 4.23. The average molecular weight is 538 g/mol. The first kappa shape index (κ1) is 26.5. The van der Waals surface area contributed by atoms with Gasteiger partial charge in [0, 0.05) is 50.4 Å². The molecule has 0 aliphatic carbocycles. The SMILES string of the molecule is CCNC(=NCC(C)(C)c1ccc(Cl)cc1)N1CCC(OCCCOC)CC1.I. The van der Waals surface area contributed by atoms with Crippen LogP contribution in [0.25, 0.3) is 0 Å². The number of guanidine groups is 1. The van der Waals surface area contributed by atoms with Crippen LogP contribution in [0, 0.1) is 0 Å². The van der Waals surface area contributed by atoms with Crippen LogP contribution in [0.3, 0.4) is 0 Å². The fourth-order valence-corrected chi connectivity index (χ4v) is 3.50. The van der Waals surface area contributed by atoms with Gasteiger partial charge in [-0.15, -0.1) is 24.0 Å². The van der Waals surface area contributed by atoms with Crippen LogP contribution in [-0.4, -0.2) is 63.5 Å². The molecule has 0 unspecified atom stereocenters. The minimum absolute atomic E-state index is 0. The molecular weight excluding hydrogens is 501 g/mol. The molecule has 1 aliphatic heterocycles. The molecule has 0 bridgehead atoms. The van der Waals surface area contributed by atoms with Gasteiger partial charge in [-0.1, -0.05) is 37.6 Å². The van der Waals surface area contributed by atoms with Crippen molar-refractivity contribution >= 4 is 41.5 Å². The summed E-state index contributed by atoms with van der Waals surface area (Å²) in [6.45, 7) is 11.7. The monoisotopic (exact) mass is 537 g/mol. The third kappa shape index (κ3) is 8.99. The molecule has 0 spiro atoms. The molecule has 1 saturated heterocycles. The molecule has 5 nitrogen and oxygen atoms in total. The summed E-state index contributed by atoms with van der Waals surface area (Å²) in [4.78, 5) is 7.32. The van der Waals surface area contributed by atoms with Gasteiger partial charge in [0.05, 0.1) is 12.6 Å². The molecular formula is C22H37ClIN3O2. The number of methoxy groups -OCH3 is 1. The van der Waals surface area contributed by atoms with Crippen molar-refractivity contribution < 1.29 is 9.47 Å². The number of hydrogen-bond acceptors (Lipinski definition) is 3. The summed E-state index contributed by atoms with van der Waals surface area (Å²) >= 11 is 6.03. The van der Waals surface area contributed by atoms with Gasteiger partial charge in [0.15, 0.2) is 5.96 Å². The molecule has 1 aromatic carbocycles. The Kier molecular flexibility index (Phi) is 12.5. The maximum Gasteiger partial charge on any atom is 0.193 e. The molecule has 166 valence electrons. The highest BCUT2D eigenvalue weighted by molar-refractivity contribution is 14.0. The number of hydrogen-bond donors (Lipinski definition) is 1. The maximum atomic E-state index is 6.03. The standard InChI is InChI=1S/C22H36ClN3O2.HI/c1-5-24-21(25-17-22(2,3)18-7-9-19(23)10-8-18)26-13-11-20(12-14-26)28-16-6-15-27-4;/h7-10,20H,5-6,11-17H2,1-4H3,(H,24,25);1H. The number of nitrogens with zero attached hydrogens (tertiary/aromatic N) is 2. The number of piperidine rings is 1. The summed E-state index contributed by atoms with van der Waals surface area (Å²) in [5.74, 6) is 1.00. The van der Waals surface area contributed by atoms with Crippen molar-refractivity contribution in [3.05, 3.63) is 34.9 Å². The Labute approximate surface area is 198 Å². The number of benzene rings is 1. The van der Waals surface area contributed by atoms with Crippen molar-refractivity contribution in [2.45, 2.75) is 51.6 Å². The number of ether oxygens (including phenoxy) is 2. The molecule has 0 saturated carbocycles. The van der Waals surface area contributed by atoms with Crippen LogP contribution in [0.2, 0.25) is 5.02 Å². The van der Waals surface area contributed by atoms with E-state index in [1.165, 1.54) is 5.56 Å². The van der Waals surface area contributed by atoms with E-state index in [0.717, 1.165) is 69.6 Å². The summed E-state index contributed by atoms with van der Waals surface area (Å²) in [7, 11) is 1.73. The predicted octanol–water partition coefficient (Wildman–Crippen LogP) is 4.72. The zero-order chi connectivity index (χ0) is 20.4. The van der Waals surface area contributed by atoms with Crippen LogP contribution in [0.5, 0.6) is 0 Å². The summed E-state index contributed by atoms with van der Waals surface area (Å²) in [5.41, 5.74) is 1.20. The Balaban J connectivity index is 0.00000420. The summed E-state index contributed by atoms with van der Waals surface area (Å²) in [6, 6.07) is 8.09. The predicted molar refractivity (Wildman–Crippen MR) is 133 cm³/mol. The average Bonchev–Trinajstić information content (AvgIpc) is 2.69. The first-order chi connectivity index (χ1) is 13.5. The van der Waals surface area contributed by atoms with Crippen LogP contribution in [0.15, 0.2) is 29.3 Å². The van der Waals surface area contributed by atoms with Crippen LogP contribution in [0.4, 0.5) is 0 Å². The van der Waals surface area contributed by atoms with Gasteiger partial charge in [0.2, 0.25) is 0 Å². The Morgan fingerprint density at radius 1 is 1.21 bits per heavy atom. The molecule has 1 fully saturated rings. The molecule has 1 heterocycles. The fourth-order valence-electron chi connectivity index (χ4n) is 3.38. The fraction of sp³-hybridized carbons (Fsp3) is 0.682. The molecule has 0 aromatic heterocycles. The van der Waals surface area contributed by atoms with Crippen molar-refractivity contribution in [2.24, 2.45) is 4.99 Å². The van der Waals surface area contributed by atoms with E-state index < -0.39 is 0 Å². The number of aliphatic imine (C=N–C) groups is 1. The second kappa shape index (κ2) is 13.7. The highest BCUT2D eigenvalue weighted by atomic mass is 127. The first-order valence-corrected chi connectivity index (χ1v) is 10.7. The van der Waals surface area contributed by atoms with Gasteiger partial charge in [-0.2, -0.15) is 0 Å². The number of halogens is 2. The van der Waals surface area contributed by atoms with E-state index in [1.807, 2.05) is 12.1 Å². The number of nitrogens with one attached hydrogen (secondary N) is 1. The normalized spacial score (nSPS) is 15.9. The second-order valence-electron chi connectivity index (χ2n) is 7.96. The number of rotatable bonds is 9. The van der Waals surface area contributed by atoms with Gasteiger partial charge in [-0.05, 0) is 43.9 Å². The van der Waals surface area contributed by atoms with E-state index in [0.29, 0.717) is 6.10 Å². The van der Waals surface area contributed by atoms with Gasteiger partial charge in [-0.3, -0.25) is 4.99 Å². The third-order valence-corrected chi connectivity index (χ3v) is 5.42. The lowest BCUT2D eigenvalue weighted by atomic mass is 9.85. The van der Waals surface area contributed by atoms with Crippen LogP contribution in [-0.2, 0) is 14.9 Å². The topological polar surface area (TPSA) is 46.1 Å². The molecule has 7 heteroatoms. The lowest BCUT2D eigenvalue weighted by molar-refractivity contribution is 0.00989. The Morgan fingerprint density at radius 3 is 2.45 bits per heavy atom. The van der Waals surface area contributed by atoms with Crippen molar-refractivity contribution in [2.75, 3.05) is 46.5 Å². The van der Waals surface area contributed by atoms with E-state index in [1.54, 1.807) is 7.11 Å².